The number of ether oxygens (including phenoxy) is 1. The molecule has 2 heterocycles. The summed E-state index contributed by atoms with van der Waals surface area (Å²) in [7, 11) is -1.87. The number of aromatic nitrogens is 2. The van der Waals surface area contributed by atoms with Crippen LogP contribution < -0.4 is 5.73 Å². The van der Waals surface area contributed by atoms with Crippen molar-refractivity contribution in [3.63, 3.8) is 0 Å². The summed E-state index contributed by atoms with van der Waals surface area (Å²) in [4.78, 5) is 0.218. The number of nitrogens with two attached hydrogens (primary N) is 1. The van der Waals surface area contributed by atoms with Gasteiger partial charge < -0.3 is 10.5 Å². The van der Waals surface area contributed by atoms with Crippen molar-refractivity contribution in [2.24, 2.45) is 5.73 Å². The Morgan fingerprint density at radius 2 is 2.21 bits per heavy atom. The Bertz CT molecular complexity index is 508. The maximum absolute atomic E-state index is 12.4. The van der Waals surface area contributed by atoms with Crippen LogP contribution in [0, 0.1) is 0 Å². The largest absolute Gasteiger partial charge is 0.381 e. The van der Waals surface area contributed by atoms with Gasteiger partial charge in [-0.2, -0.15) is 9.40 Å². The van der Waals surface area contributed by atoms with Crippen molar-refractivity contribution in [1.29, 1.82) is 0 Å². The molecule has 1 fully saturated rings. The van der Waals surface area contributed by atoms with Gasteiger partial charge in [-0.15, -0.1) is 0 Å². The number of hydrogen-bond donors (Lipinski definition) is 1. The second-order valence-corrected chi connectivity index (χ2v) is 6.59. The molecule has 0 saturated carbocycles. The summed E-state index contributed by atoms with van der Waals surface area (Å²) in [5, 5.41) is 4.01. The van der Waals surface area contributed by atoms with E-state index in [9.17, 15) is 8.42 Å². The third-order valence-corrected chi connectivity index (χ3v) is 5.21. The van der Waals surface area contributed by atoms with Crippen LogP contribution in [-0.2, 0) is 21.3 Å². The Labute approximate surface area is 113 Å². The molecule has 1 aromatic rings. The lowest BCUT2D eigenvalue weighted by molar-refractivity contribution is 0.0632. The summed E-state index contributed by atoms with van der Waals surface area (Å²) in [5.41, 5.74) is 5.42. The molecule has 0 amide bonds. The summed E-state index contributed by atoms with van der Waals surface area (Å²) in [6.07, 6.45) is 4.36. The van der Waals surface area contributed by atoms with Crippen LogP contribution in [0.2, 0.25) is 0 Å². The van der Waals surface area contributed by atoms with Crippen LogP contribution in [0.25, 0.3) is 0 Å². The third kappa shape index (κ3) is 3.14. The first-order valence-corrected chi connectivity index (χ1v) is 7.78. The van der Waals surface area contributed by atoms with E-state index >= 15 is 0 Å². The van der Waals surface area contributed by atoms with Gasteiger partial charge in [0.05, 0.1) is 12.7 Å². The topological polar surface area (TPSA) is 90.5 Å². The molecule has 0 radical (unpaired) electrons. The Hall–Kier alpha value is -0.960. The van der Waals surface area contributed by atoms with Crippen LogP contribution in [0.3, 0.4) is 0 Å². The van der Waals surface area contributed by atoms with Gasteiger partial charge in [0.2, 0.25) is 10.0 Å². The molecule has 0 spiro atoms. The first kappa shape index (κ1) is 14.4. The quantitative estimate of drug-likeness (QED) is 0.799. The number of sulfonamides is 1. The van der Waals surface area contributed by atoms with Gasteiger partial charge in [-0.1, -0.05) is 0 Å². The Balaban J connectivity index is 2.15. The maximum Gasteiger partial charge on any atom is 0.246 e. The summed E-state index contributed by atoms with van der Waals surface area (Å²) >= 11 is 0. The van der Waals surface area contributed by atoms with E-state index in [2.05, 4.69) is 5.10 Å². The fourth-order valence-electron chi connectivity index (χ4n) is 2.14. The van der Waals surface area contributed by atoms with E-state index in [-0.39, 0.29) is 10.9 Å². The first-order valence-electron chi connectivity index (χ1n) is 6.34. The Morgan fingerprint density at radius 3 is 2.84 bits per heavy atom. The van der Waals surface area contributed by atoms with Crippen LogP contribution in [-0.4, -0.2) is 55.4 Å². The van der Waals surface area contributed by atoms with Gasteiger partial charge in [0.1, 0.15) is 4.90 Å². The van der Waals surface area contributed by atoms with E-state index in [1.807, 2.05) is 0 Å². The van der Waals surface area contributed by atoms with E-state index in [1.165, 1.54) is 16.7 Å². The minimum Gasteiger partial charge on any atom is -0.381 e. The van der Waals surface area contributed by atoms with Crippen LogP contribution in [0.5, 0.6) is 0 Å². The standard InChI is InChI=1S/C11H20N4O3S/c1-14(10-2-6-18-7-3-10)19(16,17)11-8-13-15(9-11)5-4-12/h8-10H,2-7,12H2,1H3. The normalized spacial score (nSPS) is 18.1. The summed E-state index contributed by atoms with van der Waals surface area (Å²) in [5.74, 6) is 0. The molecule has 0 atom stereocenters. The second kappa shape index (κ2) is 6.00. The fraction of sp³-hybridized carbons (Fsp3) is 0.727. The summed E-state index contributed by atoms with van der Waals surface area (Å²) in [6, 6.07) is -0.00314. The van der Waals surface area contributed by atoms with Gasteiger partial charge in [0.15, 0.2) is 0 Å². The van der Waals surface area contributed by atoms with Crippen molar-refractivity contribution < 1.29 is 13.2 Å². The predicted molar refractivity (Wildman–Crippen MR) is 70.1 cm³/mol. The van der Waals surface area contributed by atoms with Crippen molar-refractivity contribution in [2.75, 3.05) is 26.8 Å². The first-order chi connectivity index (χ1) is 9.05. The van der Waals surface area contributed by atoms with Crippen LogP contribution in [0.15, 0.2) is 17.3 Å². The SMILES string of the molecule is CN(C1CCOCC1)S(=O)(=O)c1cnn(CCN)c1. The molecule has 1 aliphatic rings. The van der Waals surface area contributed by atoms with Crippen molar-refractivity contribution in [2.45, 2.75) is 30.3 Å². The van der Waals surface area contributed by atoms with Crippen LogP contribution in [0.4, 0.5) is 0 Å². The molecule has 2 rings (SSSR count). The van der Waals surface area contributed by atoms with Gasteiger partial charge in [0.25, 0.3) is 0 Å². The Kier molecular flexibility index (Phi) is 4.56. The lowest BCUT2D eigenvalue weighted by atomic mass is 10.1. The second-order valence-electron chi connectivity index (χ2n) is 4.59. The highest BCUT2D eigenvalue weighted by Crippen LogP contribution is 2.21. The molecule has 0 bridgehead atoms. The van der Waals surface area contributed by atoms with E-state index in [1.54, 1.807) is 11.7 Å². The van der Waals surface area contributed by atoms with E-state index < -0.39 is 10.0 Å². The molecule has 2 N–H and O–H groups in total. The molecule has 0 aromatic carbocycles. The molecule has 108 valence electrons. The zero-order valence-electron chi connectivity index (χ0n) is 11.0. The van der Waals surface area contributed by atoms with Crippen LogP contribution in [0.1, 0.15) is 12.8 Å². The number of hydrogen-bond acceptors (Lipinski definition) is 5. The fourth-order valence-corrected chi connectivity index (χ4v) is 3.51. The zero-order valence-corrected chi connectivity index (χ0v) is 11.8. The predicted octanol–water partition coefficient (Wildman–Crippen LogP) is -0.359. The average Bonchev–Trinajstić information content (AvgIpc) is 2.89. The molecule has 7 nitrogen and oxygen atoms in total. The molecule has 1 aromatic heterocycles. The molecule has 1 aliphatic heterocycles. The van der Waals surface area contributed by atoms with Crippen molar-refractivity contribution in [3.8, 4) is 0 Å². The number of rotatable bonds is 5. The van der Waals surface area contributed by atoms with E-state index in [4.69, 9.17) is 10.5 Å². The van der Waals surface area contributed by atoms with Crippen molar-refractivity contribution in [3.05, 3.63) is 12.4 Å². The van der Waals surface area contributed by atoms with Gasteiger partial charge in [-0.05, 0) is 12.8 Å². The summed E-state index contributed by atoms with van der Waals surface area (Å²) in [6.45, 7) is 2.15. The minimum absolute atomic E-state index is 0.00314. The number of nitrogens with zero attached hydrogens (tertiary/aromatic N) is 3. The van der Waals surface area contributed by atoms with Gasteiger partial charge in [-0.25, -0.2) is 8.42 Å². The molecule has 8 heteroatoms. The van der Waals surface area contributed by atoms with Crippen molar-refractivity contribution in [1.82, 2.24) is 14.1 Å². The highest BCUT2D eigenvalue weighted by Gasteiger charge is 2.30. The lowest BCUT2D eigenvalue weighted by Gasteiger charge is -2.29. The molecular formula is C11H20N4O3S. The van der Waals surface area contributed by atoms with Crippen molar-refractivity contribution >= 4 is 10.0 Å². The maximum atomic E-state index is 12.4. The molecular weight excluding hydrogens is 268 g/mol. The zero-order chi connectivity index (χ0) is 13.9. The van der Waals surface area contributed by atoms with Gasteiger partial charge in [0, 0.05) is 39.0 Å². The molecule has 19 heavy (non-hydrogen) atoms. The highest BCUT2D eigenvalue weighted by atomic mass is 32.2. The van der Waals surface area contributed by atoms with Gasteiger partial charge >= 0.3 is 0 Å². The van der Waals surface area contributed by atoms with E-state index in [0.717, 1.165) is 12.8 Å². The monoisotopic (exact) mass is 288 g/mol. The minimum atomic E-state index is -3.48. The Morgan fingerprint density at radius 1 is 1.53 bits per heavy atom. The van der Waals surface area contributed by atoms with Crippen LogP contribution >= 0.6 is 0 Å². The lowest BCUT2D eigenvalue weighted by Crippen LogP contribution is -2.40. The highest BCUT2D eigenvalue weighted by molar-refractivity contribution is 7.89. The molecule has 1 saturated heterocycles. The average molecular weight is 288 g/mol. The molecule has 0 aliphatic carbocycles. The summed E-state index contributed by atoms with van der Waals surface area (Å²) < 4.78 is 33.1. The van der Waals surface area contributed by atoms with Gasteiger partial charge in [-0.3, -0.25) is 4.68 Å². The smallest absolute Gasteiger partial charge is 0.246 e. The molecule has 0 unspecified atom stereocenters. The third-order valence-electron chi connectivity index (χ3n) is 3.35. The van der Waals surface area contributed by atoms with E-state index in [0.29, 0.717) is 26.3 Å².